The molecule has 0 atom stereocenters. The van der Waals surface area contributed by atoms with Crippen molar-refractivity contribution in [2.75, 3.05) is 16.8 Å². The molecule has 3 rings (SSSR count). The molecule has 1 heterocycles. The average Bonchev–Trinajstić information content (AvgIpc) is 2.83. The minimum atomic E-state index is -0.303. The Kier molecular flexibility index (Phi) is 2.85. The summed E-state index contributed by atoms with van der Waals surface area (Å²) in [4.78, 5) is 14.8. The van der Waals surface area contributed by atoms with Crippen LogP contribution in [-0.2, 0) is 4.79 Å². The topological polar surface area (TPSA) is 32.3 Å². The Morgan fingerprint density at radius 1 is 1.39 bits per heavy atom. The van der Waals surface area contributed by atoms with Crippen molar-refractivity contribution in [3.8, 4) is 0 Å². The van der Waals surface area contributed by atoms with E-state index in [9.17, 15) is 4.79 Å². The number of carbonyl (C=O) groups is 1. The van der Waals surface area contributed by atoms with Crippen molar-refractivity contribution in [2.24, 2.45) is 0 Å². The van der Waals surface area contributed by atoms with E-state index in [1.807, 2.05) is 12.1 Å². The van der Waals surface area contributed by atoms with Gasteiger partial charge in [-0.05, 0) is 47.8 Å². The van der Waals surface area contributed by atoms with Gasteiger partial charge in [-0.2, -0.15) is 0 Å². The molecule has 0 saturated heterocycles. The maximum Gasteiger partial charge on any atom is 0.250 e. The summed E-state index contributed by atoms with van der Waals surface area (Å²) >= 11 is 3.52. The van der Waals surface area contributed by atoms with Gasteiger partial charge in [0.2, 0.25) is 5.91 Å². The molecule has 1 fully saturated rings. The first-order chi connectivity index (χ1) is 8.69. The molecule has 3 nitrogen and oxygen atoms in total. The average molecular weight is 309 g/mol. The summed E-state index contributed by atoms with van der Waals surface area (Å²) in [6.07, 6.45) is 4.23. The molecule has 18 heavy (non-hydrogen) atoms. The lowest BCUT2D eigenvalue weighted by molar-refractivity contribution is -0.121. The van der Waals surface area contributed by atoms with E-state index < -0.39 is 0 Å². The second-order valence-corrected chi connectivity index (χ2v) is 5.93. The van der Waals surface area contributed by atoms with Gasteiger partial charge in [-0.3, -0.25) is 4.79 Å². The summed E-state index contributed by atoms with van der Waals surface area (Å²) in [5.74, 6) is 0.168. The quantitative estimate of drug-likeness (QED) is 0.860. The Hall–Kier alpha value is -1.03. The first kappa shape index (κ1) is 12.0. The molecule has 2 aliphatic rings. The highest BCUT2D eigenvalue weighted by atomic mass is 79.9. The van der Waals surface area contributed by atoms with Crippen LogP contribution in [0.25, 0.3) is 0 Å². The predicted octanol–water partition coefficient (Wildman–Crippen LogP) is 3.54. The van der Waals surface area contributed by atoms with Crippen molar-refractivity contribution in [2.45, 2.75) is 38.1 Å². The summed E-state index contributed by atoms with van der Waals surface area (Å²) in [6, 6.07) is 6.11. The number of amides is 1. The lowest BCUT2D eigenvalue weighted by atomic mass is 9.90. The van der Waals surface area contributed by atoms with Crippen LogP contribution in [0, 0.1) is 0 Å². The van der Waals surface area contributed by atoms with Crippen LogP contribution < -0.4 is 10.2 Å². The fourth-order valence-electron chi connectivity index (χ4n) is 3.37. The monoisotopic (exact) mass is 308 g/mol. The Bertz CT molecular complexity index is 495. The van der Waals surface area contributed by atoms with Crippen molar-refractivity contribution in [1.29, 1.82) is 0 Å². The van der Waals surface area contributed by atoms with Crippen LogP contribution in [0.15, 0.2) is 22.7 Å². The maximum absolute atomic E-state index is 12.5. The van der Waals surface area contributed by atoms with Gasteiger partial charge in [-0.1, -0.05) is 18.9 Å². The second-order valence-electron chi connectivity index (χ2n) is 5.07. The molecule has 0 radical (unpaired) electrons. The number of likely N-dealkylation sites (N-methyl/N-ethyl adjacent to an activating group) is 1. The lowest BCUT2D eigenvalue weighted by Crippen LogP contribution is -2.58. The standard InChI is InChI=1S/C14H17BrN2O/c1-2-17-11-7-5-6-10(15)12(11)16-13(18)14(17)8-3-4-9-14/h5-7H,2-4,8-9H2,1H3,(H,16,18). The van der Waals surface area contributed by atoms with Crippen LogP contribution in [0.3, 0.4) is 0 Å². The molecule has 1 N–H and O–H groups in total. The summed E-state index contributed by atoms with van der Waals surface area (Å²) < 4.78 is 0.958. The van der Waals surface area contributed by atoms with Gasteiger partial charge in [0.05, 0.1) is 11.4 Å². The van der Waals surface area contributed by atoms with E-state index in [1.165, 1.54) is 0 Å². The highest BCUT2D eigenvalue weighted by Gasteiger charge is 2.49. The van der Waals surface area contributed by atoms with Gasteiger partial charge in [0.1, 0.15) is 5.54 Å². The molecule has 1 aliphatic carbocycles. The van der Waals surface area contributed by atoms with Gasteiger partial charge < -0.3 is 10.2 Å². The second kappa shape index (κ2) is 4.26. The van der Waals surface area contributed by atoms with Crippen molar-refractivity contribution < 1.29 is 4.79 Å². The molecule has 1 aliphatic heterocycles. The first-order valence-electron chi connectivity index (χ1n) is 6.56. The van der Waals surface area contributed by atoms with E-state index in [4.69, 9.17) is 0 Å². The molecule has 1 spiro atoms. The largest absolute Gasteiger partial charge is 0.356 e. The van der Waals surface area contributed by atoms with Gasteiger partial charge in [0.25, 0.3) is 0 Å². The van der Waals surface area contributed by atoms with E-state index >= 15 is 0 Å². The number of anilines is 2. The van der Waals surface area contributed by atoms with E-state index in [-0.39, 0.29) is 11.4 Å². The summed E-state index contributed by atoms with van der Waals surface area (Å²) in [5, 5.41) is 3.10. The van der Waals surface area contributed by atoms with E-state index in [1.54, 1.807) is 0 Å². The zero-order valence-corrected chi connectivity index (χ0v) is 12.1. The number of rotatable bonds is 1. The number of halogens is 1. The van der Waals surface area contributed by atoms with E-state index in [0.29, 0.717) is 0 Å². The molecule has 96 valence electrons. The molecular weight excluding hydrogens is 292 g/mol. The van der Waals surface area contributed by atoms with Crippen LogP contribution >= 0.6 is 15.9 Å². The molecular formula is C14H17BrN2O. The zero-order valence-electron chi connectivity index (χ0n) is 10.5. The minimum absolute atomic E-state index is 0.168. The smallest absolute Gasteiger partial charge is 0.250 e. The summed E-state index contributed by atoms with van der Waals surface area (Å²) in [7, 11) is 0. The number of nitrogens with zero attached hydrogens (tertiary/aromatic N) is 1. The summed E-state index contributed by atoms with van der Waals surface area (Å²) in [6.45, 7) is 3.00. The Labute approximate surface area is 116 Å². The molecule has 1 amide bonds. The van der Waals surface area contributed by atoms with Crippen molar-refractivity contribution >= 4 is 33.2 Å². The Morgan fingerprint density at radius 3 is 2.78 bits per heavy atom. The van der Waals surface area contributed by atoms with E-state index in [0.717, 1.165) is 48.1 Å². The number of hydrogen-bond acceptors (Lipinski definition) is 2. The highest BCUT2D eigenvalue weighted by Crippen LogP contribution is 2.46. The molecule has 0 unspecified atom stereocenters. The third kappa shape index (κ3) is 1.51. The van der Waals surface area contributed by atoms with Crippen LogP contribution in [0.1, 0.15) is 32.6 Å². The van der Waals surface area contributed by atoms with Crippen molar-refractivity contribution in [3.63, 3.8) is 0 Å². The van der Waals surface area contributed by atoms with Gasteiger partial charge in [0.15, 0.2) is 0 Å². The molecule has 1 aromatic rings. The molecule has 4 heteroatoms. The first-order valence-corrected chi connectivity index (χ1v) is 7.36. The normalized spacial score (nSPS) is 21.0. The number of fused-ring (bicyclic) bond motifs is 1. The number of nitrogens with one attached hydrogen (secondary N) is 1. The lowest BCUT2D eigenvalue weighted by Gasteiger charge is -2.45. The van der Waals surface area contributed by atoms with Crippen LogP contribution in [0.4, 0.5) is 11.4 Å². The Balaban J connectivity index is 2.15. The van der Waals surface area contributed by atoms with Gasteiger partial charge in [0, 0.05) is 11.0 Å². The molecule has 0 aromatic heterocycles. The zero-order chi connectivity index (χ0) is 12.8. The molecule has 1 aromatic carbocycles. The van der Waals surface area contributed by atoms with Gasteiger partial charge >= 0.3 is 0 Å². The highest BCUT2D eigenvalue weighted by molar-refractivity contribution is 9.10. The fourth-order valence-corrected chi connectivity index (χ4v) is 3.83. The van der Waals surface area contributed by atoms with Crippen LogP contribution in [0.2, 0.25) is 0 Å². The number of hydrogen-bond donors (Lipinski definition) is 1. The summed E-state index contributed by atoms with van der Waals surface area (Å²) in [5.41, 5.74) is 1.76. The van der Waals surface area contributed by atoms with Gasteiger partial charge in [-0.15, -0.1) is 0 Å². The van der Waals surface area contributed by atoms with Gasteiger partial charge in [-0.25, -0.2) is 0 Å². The van der Waals surface area contributed by atoms with Crippen molar-refractivity contribution in [3.05, 3.63) is 22.7 Å². The number of carbonyl (C=O) groups excluding carboxylic acids is 1. The van der Waals surface area contributed by atoms with Crippen LogP contribution in [-0.4, -0.2) is 18.0 Å². The third-order valence-electron chi connectivity index (χ3n) is 4.21. The van der Waals surface area contributed by atoms with E-state index in [2.05, 4.69) is 39.1 Å². The van der Waals surface area contributed by atoms with Crippen molar-refractivity contribution in [1.82, 2.24) is 0 Å². The maximum atomic E-state index is 12.5. The fraction of sp³-hybridized carbons (Fsp3) is 0.500. The number of para-hydroxylation sites is 1. The molecule has 0 bridgehead atoms. The molecule has 1 saturated carbocycles. The van der Waals surface area contributed by atoms with Crippen LogP contribution in [0.5, 0.6) is 0 Å². The minimum Gasteiger partial charge on any atom is -0.356 e. The third-order valence-corrected chi connectivity index (χ3v) is 4.87. The Morgan fingerprint density at radius 2 is 2.11 bits per heavy atom. The SMILES string of the molecule is CCN1c2cccc(Br)c2NC(=O)C12CCCC2. The predicted molar refractivity (Wildman–Crippen MR) is 77.0 cm³/mol. The number of benzene rings is 1.